The lowest BCUT2D eigenvalue weighted by molar-refractivity contribution is 0.297. The van der Waals surface area contributed by atoms with E-state index in [0.29, 0.717) is 24.7 Å². The van der Waals surface area contributed by atoms with E-state index in [0.717, 1.165) is 30.0 Å². The topological polar surface area (TPSA) is 47.6 Å². The van der Waals surface area contributed by atoms with Crippen LogP contribution in [0.15, 0.2) is 23.1 Å². The maximum Gasteiger partial charge on any atom is 0.162 e. The molecule has 20 heavy (non-hydrogen) atoms. The van der Waals surface area contributed by atoms with Crippen molar-refractivity contribution < 1.29 is 13.7 Å². The first-order valence-electron chi connectivity index (χ1n) is 7.26. The summed E-state index contributed by atoms with van der Waals surface area (Å²) in [4.78, 5) is 0.811. The Hall–Kier alpha value is -1.07. The first-order valence-corrected chi connectivity index (χ1v) is 8.57. The predicted octanol–water partition coefficient (Wildman–Crippen LogP) is 2.34. The molecule has 2 unspecified atom stereocenters. The van der Waals surface area contributed by atoms with E-state index < -0.39 is 10.8 Å². The molecular weight excluding hydrogens is 274 g/mol. The first-order chi connectivity index (χ1) is 9.74. The van der Waals surface area contributed by atoms with Crippen LogP contribution in [-0.2, 0) is 10.8 Å². The second-order valence-electron chi connectivity index (χ2n) is 4.83. The monoisotopic (exact) mass is 297 g/mol. The van der Waals surface area contributed by atoms with E-state index in [4.69, 9.17) is 9.47 Å². The maximum absolute atomic E-state index is 12.4. The van der Waals surface area contributed by atoms with Crippen LogP contribution in [0, 0.1) is 0 Å². The molecule has 0 bridgehead atoms. The van der Waals surface area contributed by atoms with Crippen molar-refractivity contribution >= 4 is 10.8 Å². The highest BCUT2D eigenvalue weighted by Gasteiger charge is 2.15. The maximum atomic E-state index is 12.4. The van der Waals surface area contributed by atoms with E-state index in [1.165, 1.54) is 0 Å². The van der Waals surface area contributed by atoms with Gasteiger partial charge in [0.15, 0.2) is 11.5 Å². The Morgan fingerprint density at radius 2 is 2.00 bits per heavy atom. The van der Waals surface area contributed by atoms with Crippen molar-refractivity contribution in [3.63, 3.8) is 0 Å². The molecule has 1 aromatic carbocycles. The number of hydrogen-bond acceptors (Lipinski definition) is 4. The van der Waals surface area contributed by atoms with Crippen LogP contribution in [0.4, 0.5) is 0 Å². The van der Waals surface area contributed by atoms with Gasteiger partial charge in [0.1, 0.15) is 0 Å². The highest BCUT2D eigenvalue weighted by molar-refractivity contribution is 7.85. The molecule has 4 nitrogen and oxygen atoms in total. The number of nitrogens with one attached hydrogen (secondary N) is 1. The molecule has 112 valence electrons. The van der Waals surface area contributed by atoms with Gasteiger partial charge in [-0.25, -0.2) is 0 Å². The van der Waals surface area contributed by atoms with Gasteiger partial charge in [0.2, 0.25) is 0 Å². The van der Waals surface area contributed by atoms with Crippen molar-refractivity contribution in [1.29, 1.82) is 0 Å². The number of rotatable bonds is 6. The number of fused-ring (bicyclic) bond motifs is 1. The Morgan fingerprint density at radius 1 is 1.25 bits per heavy atom. The lowest BCUT2D eigenvalue weighted by Crippen LogP contribution is -2.33. The van der Waals surface area contributed by atoms with Crippen LogP contribution >= 0.6 is 0 Å². The molecule has 0 spiro atoms. The Labute approximate surface area is 123 Å². The normalized spacial score (nSPS) is 17.3. The van der Waals surface area contributed by atoms with Crippen molar-refractivity contribution in [2.45, 2.75) is 37.6 Å². The molecule has 0 saturated heterocycles. The van der Waals surface area contributed by atoms with Gasteiger partial charge < -0.3 is 14.8 Å². The number of hydrogen-bond donors (Lipinski definition) is 1. The molecule has 0 radical (unpaired) electrons. The summed E-state index contributed by atoms with van der Waals surface area (Å²) in [7, 11) is -1.02. The molecule has 0 aliphatic carbocycles. The van der Waals surface area contributed by atoms with Crippen LogP contribution in [-0.4, -0.2) is 35.8 Å². The fraction of sp³-hybridized carbons (Fsp3) is 0.600. The van der Waals surface area contributed by atoms with Crippen molar-refractivity contribution in [1.82, 2.24) is 5.32 Å². The zero-order valence-electron chi connectivity index (χ0n) is 12.2. The zero-order chi connectivity index (χ0) is 14.4. The van der Waals surface area contributed by atoms with Crippen LogP contribution in [0.1, 0.15) is 26.7 Å². The third kappa shape index (κ3) is 3.96. The molecule has 0 amide bonds. The molecule has 1 N–H and O–H groups in total. The number of ether oxygens (including phenoxy) is 2. The second kappa shape index (κ2) is 7.64. The van der Waals surface area contributed by atoms with E-state index in [1.807, 2.05) is 18.2 Å². The van der Waals surface area contributed by atoms with Crippen molar-refractivity contribution in [3.05, 3.63) is 18.2 Å². The van der Waals surface area contributed by atoms with E-state index in [2.05, 4.69) is 19.2 Å². The lowest BCUT2D eigenvalue weighted by Gasteiger charge is -2.15. The van der Waals surface area contributed by atoms with Crippen LogP contribution in [0.5, 0.6) is 11.5 Å². The molecule has 5 heteroatoms. The summed E-state index contributed by atoms with van der Waals surface area (Å²) in [5, 5.41) is 3.36. The third-order valence-corrected chi connectivity index (χ3v) is 4.80. The molecule has 0 saturated carbocycles. The smallest absolute Gasteiger partial charge is 0.162 e. The minimum atomic E-state index is -1.02. The Bertz CT molecular complexity index is 464. The average Bonchev–Trinajstić information content (AvgIpc) is 2.71. The SMILES string of the molecule is CCNC(CC)CS(=O)c1ccc2c(c1)OCCCO2. The molecule has 1 aliphatic heterocycles. The van der Waals surface area contributed by atoms with Gasteiger partial charge in [0.25, 0.3) is 0 Å². The quantitative estimate of drug-likeness (QED) is 0.875. The summed E-state index contributed by atoms with van der Waals surface area (Å²) in [5.41, 5.74) is 0. The Balaban J connectivity index is 2.08. The standard InChI is InChI=1S/C15H23NO3S/c1-3-12(16-4-2)11-20(17)13-6-7-14-15(10-13)19-9-5-8-18-14/h6-7,10,12,16H,3-5,8-9,11H2,1-2H3. The zero-order valence-corrected chi connectivity index (χ0v) is 13.0. The van der Waals surface area contributed by atoms with Gasteiger partial charge in [-0.05, 0) is 25.1 Å². The van der Waals surface area contributed by atoms with Gasteiger partial charge in [-0.1, -0.05) is 13.8 Å². The lowest BCUT2D eigenvalue weighted by atomic mass is 10.2. The molecule has 0 aromatic heterocycles. The molecule has 1 aromatic rings. The van der Waals surface area contributed by atoms with Gasteiger partial charge >= 0.3 is 0 Å². The van der Waals surface area contributed by atoms with Crippen LogP contribution < -0.4 is 14.8 Å². The summed E-state index contributed by atoms with van der Waals surface area (Å²) in [6, 6.07) is 5.89. The largest absolute Gasteiger partial charge is 0.490 e. The van der Waals surface area contributed by atoms with Crippen molar-refractivity contribution in [2.75, 3.05) is 25.5 Å². The highest BCUT2D eigenvalue weighted by Crippen LogP contribution is 2.31. The summed E-state index contributed by atoms with van der Waals surface area (Å²) in [5.74, 6) is 2.09. The van der Waals surface area contributed by atoms with Crippen molar-refractivity contribution in [2.24, 2.45) is 0 Å². The van der Waals surface area contributed by atoms with Crippen LogP contribution in [0.2, 0.25) is 0 Å². The molecular formula is C15H23NO3S. The van der Waals surface area contributed by atoms with Crippen molar-refractivity contribution in [3.8, 4) is 11.5 Å². The molecule has 0 fully saturated rings. The van der Waals surface area contributed by atoms with Gasteiger partial charge in [0, 0.05) is 29.2 Å². The van der Waals surface area contributed by atoms with Gasteiger partial charge in [0.05, 0.1) is 24.0 Å². The van der Waals surface area contributed by atoms with Gasteiger partial charge in [-0.2, -0.15) is 0 Å². The van der Waals surface area contributed by atoms with Crippen LogP contribution in [0.3, 0.4) is 0 Å². The minimum Gasteiger partial charge on any atom is -0.490 e. The predicted molar refractivity (Wildman–Crippen MR) is 81.1 cm³/mol. The molecule has 2 atom stereocenters. The summed E-state index contributed by atoms with van der Waals surface area (Å²) < 4.78 is 23.7. The summed E-state index contributed by atoms with van der Waals surface area (Å²) >= 11 is 0. The van der Waals surface area contributed by atoms with E-state index in [-0.39, 0.29) is 6.04 Å². The summed E-state index contributed by atoms with van der Waals surface area (Å²) in [6.07, 6.45) is 1.86. The highest BCUT2D eigenvalue weighted by atomic mass is 32.2. The average molecular weight is 297 g/mol. The fourth-order valence-electron chi connectivity index (χ4n) is 2.17. The number of benzene rings is 1. The summed E-state index contributed by atoms with van der Waals surface area (Å²) in [6.45, 7) is 6.40. The van der Waals surface area contributed by atoms with E-state index in [1.54, 1.807) is 0 Å². The second-order valence-corrected chi connectivity index (χ2v) is 6.33. The van der Waals surface area contributed by atoms with E-state index in [9.17, 15) is 4.21 Å². The van der Waals surface area contributed by atoms with Crippen LogP contribution in [0.25, 0.3) is 0 Å². The molecule has 2 rings (SSSR count). The van der Waals surface area contributed by atoms with Gasteiger partial charge in [-0.3, -0.25) is 4.21 Å². The molecule has 1 aliphatic rings. The first kappa shape index (κ1) is 15.3. The van der Waals surface area contributed by atoms with E-state index >= 15 is 0 Å². The Kier molecular flexibility index (Phi) is 5.86. The third-order valence-electron chi connectivity index (χ3n) is 3.32. The fourth-order valence-corrected chi connectivity index (χ4v) is 3.54. The minimum absolute atomic E-state index is 0.289. The Morgan fingerprint density at radius 3 is 2.70 bits per heavy atom. The van der Waals surface area contributed by atoms with Gasteiger partial charge in [-0.15, -0.1) is 0 Å². The molecule has 1 heterocycles.